The molecule has 0 atom stereocenters. The van der Waals surface area contributed by atoms with Crippen molar-refractivity contribution in [2.45, 2.75) is 38.8 Å². The molecule has 21 heavy (non-hydrogen) atoms. The van der Waals surface area contributed by atoms with Crippen LogP contribution in [0, 0.1) is 20.8 Å². The van der Waals surface area contributed by atoms with Crippen molar-refractivity contribution in [1.82, 2.24) is 19.1 Å². The Labute approximate surface area is 124 Å². The summed E-state index contributed by atoms with van der Waals surface area (Å²) in [5.74, 6) is 1.53. The third-order valence-corrected chi connectivity index (χ3v) is 5.85. The fraction of sp³-hybridized carbons (Fsp3) is 0.429. The van der Waals surface area contributed by atoms with Crippen LogP contribution in [0.3, 0.4) is 0 Å². The number of hydrogen-bond acceptors (Lipinski definition) is 4. The van der Waals surface area contributed by atoms with E-state index in [9.17, 15) is 8.42 Å². The molecular weight excluding hydrogens is 288 g/mol. The number of nitrogens with zero attached hydrogens (tertiary/aromatic N) is 4. The quantitative estimate of drug-likeness (QED) is 0.841. The smallest absolute Gasteiger partial charge is 0.243 e. The van der Waals surface area contributed by atoms with Gasteiger partial charge in [0.2, 0.25) is 10.0 Å². The number of sulfonamides is 1. The summed E-state index contributed by atoms with van der Waals surface area (Å²) in [6, 6.07) is 5.50. The highest BCUT2D eigenvalue weighted by molar-refractivity contribution is 7.89. The number of rotatable bonds is 2. The third-order valence-electron chi connectivity index (χ3n) is 3.86. The lowest BCUT2D eigenvalue weighted by atomic mass is 10.2. The van der Waals surface area contributed by atoms with Gasteiger partial charge in [-0.1, -0.05) is 12.1 Å². The number of aromatic nitrogens is 3. The van der Waals surface area contributed by atoms with Crippen molar-refractivity contribution < 1.29 is 8.42 Å². The van der Waals surface area contributed by atoms with Crippen LogP contribution in [0.25, 0.3) is 0 Å². The zero-order valence-electron chi connectivity index (χ0n) is 12.4. The van der Waals surface area contributed by atoms with Crippen molar-refractivity contribution in [3.05, 3.63) is 41.0 Å². The highest BCUT2D eigenvalue weighted by atomic mass is 32.2. The Morgan fingerprint density at radius 2 is 1.86 bits per heavy atom. The van der Waals surface area contributed by atoms with Gasteiger partial charge in [0.25, 0.3) is 0 Å². The summed E-state index contributed by atoms with van der Waals surface area (Å²) in [5.41, 5.74) is 1.71. The van der Waals surface area contributed by atoms with E-state index in [1.165, 1.54) is 4.31 Å². The largest absolute Gasteiger partial charge is 0.313 e. The van der Waals surface area contributed by atoms with Crippen molar-refractivity contribution in [3.63, 3.8) is 0 Å². The Kier molecular flexibility index (Phi) is 3.33. The number of benzene rings is 1. The van der Waals surface area contributed by atoms with Crippen LogP contribution in [-0.2, 0) is 23.1 Å². The van der Waals surface area contributed by atoms with E-state index in [1.54, 1.807) is 6.07 Å². The van der Waals surface area contributed by atoms with E-state index in [1.807, 2.05) is 37.5 Å². The zero-order valence-corrected chi connectivity index (χ0v) is 13.2. The van der Waals surface area contributed by atoms with Crippen LogP contribution in [0.2, 0.25) is 0 Å². The van der Waals surface area contributed by atoms with E-state index in [0.29, 0.717) is 23.8 Å². The van der Waals surface area contributed by atoms with Gasteiger partial charge < -0.3 is 4.57 Å². The molecule has 3 rings (SSSR count). The van der Waals surface area contributed by atoms with E-state index in [-0.39, 0.29) is 6.54 Å². The maximum absolute atomic E-state index is 12.8. The Morgan fingerprint density at radius 1 is 1.10 bits per heavy atom. The van der Waals surface area contributed by atoms with Crippen LogP contribution in [0.1, 0.15) is 22.8 Å². The minimum atomic E-state index is -3.50. The molecule has 1 aromatic carbocycles. The Hall–Kier alpha value is -1.73. The minimum Gasteiger partial charge on any atom is -0.313 e. The highest BCUT2D eigenvalue weighted by Crippen LogP contribution is 2.24. The van der Waals surface area contributed by atoms with E-state index in [0.717, 1.165) is 17.0 Å². The predicted octanol–water partition coefficient (Wildman–Crippen LogP) is 1.41. The molecule has 7 heteroatoms. The second kappa shape index (κ2) is 4.92. The van der Waals surface area contributed by atoms with Gasteiger partial charge in [-0.3, -0.25) is 0 Å². The molecule has 0 aliphatic carbocycles. The van der Waals surface area contributed by atoms with Gasteiger partial charge in [-0.2, -0.15) is 4.31 Å². The molecule has 0 spiro atoms. The molecule has 1 aliphatic rings. The first-order valence-electron chi connectivity index (χ1n) is 6.85. The summed E-state index contributed by atoms with van der Waals surface area (Å²) >= 11 is 0. The fourth-order valence-electron chi connectivity index (χ4n) is 2.61. The summed E-state index contributed by atoms with van der Waals surface area (Å²) in [4.78, 5) is 0.382. The van der Waals surface area contributed by atoms with Gasteiger partial charge in [0.1, 0.15) is 11.6 Å². The van der Waals surface area contributed by atoms with Crippen LogP contribution in [0.5, 0.6) is 0 Å². The number of hydrogen-bond donors (Lipinski definition) is 0. The average molecular weight is 306 g/mol. The highest BCUT2D eigenvalue weighted by Gasteiger charge is 2.31. The van der Waals surface area contributed by atoms with Crippen molar-refractivity contribution in [1.29, 1.82) is 0 Å². The molecule has 0 radical (unpaired) electrons. The van der Waals surface area contributed by atoms with Crippen molar-refractivity contribution in [2.75, 3.05) is 6.54 Å². The topological polar surface area (TPSA) is 68.1 Å². The molecule has 1 aromatic heterocycles. The molecule has 0 unspecified atom stereocenters. The lowest BCUT2D eigenvalue weighted by Crippen LogP contribution is -2.38. The predicted molar refractivity (Wildman–Crippen MR) is 78.3 cm³/mol. The van der Waals surface area contributed by atoms with Gasteiger partial charge in [0.05, 0.1) is 11.4 Å². The SMILES string of the molecule is Cc1ccc(C)c(S(=O)(=O)N2CCn3c(C)nnc3C2)c1. The molecule has 2 heterocycles. The molecule has 1 aliphatic heterocycles. The van der Waals surface area contributed by atoms with Crippen molar-refractivity contribution >= 4 is 10.0 Å². The molecule has 0 bridgehead atoms. The maximum Gasteiger partial charge on any atom is 0.243 e. The average Bonchev–Trinajstić information content (AvgIpc) is 2.82. The first-order chi connectivity index (χ1) is 9.89. The molecule has 0 saturated heterocycles. The van der Waals surface area contributed by atoms with Gasteiger partial charge in [-0.15, -0.1) is 10.2 Å². The molecule has 2 aromatic rings. The van der Waals surface area contributed by atoms with Crippen molar-refractivity contribution in [2.24, 2.45) is 0 Å². The monoisotopic (exact) mass is 306 g/mol. The molecule has 0 saturated carbocycles. The van der Waals surface area contributed by atoms with Gasteiger partial charge in [-0.25, -0.2) is 8.42 Å². The summed E-state index contributed by atoms with van der Waals surface area (Å²) in [6.45, 7) is 6.92. The molecule has 6 nitrogen and oxygen atoms in total. The lowest BCUT2D eigenvalue weighted by Gasteiger charge is -2.27. The van der Waals surface area contributed by atoms with Crippen LogP contribution in [0.4, 0.5) is 0 Å². The molecule has 0 N–H and O–H groups in total. The van der Waals surface area contributed by atoms with Gasteiger partial charge >= 0.3 is 0 Å². The summed E-state index contributed by atoms with van der Waals surface area (Å²) in [5, 5.41) is 8.07. The van der Waals surface area contributed by atoms with E-state index in [2.05, 4.69) is 10.2 Å². The second-order valence-corrected chi connectivity index (χ2v) is 7.33. The van der Waals surface area contributed by atoms with Crippen LogP contribution < -0.4 is 0 Å². The van der Waals surface area contributed by atoms with Crippen LogP contribution in [0.15, 0.2) is 23.1 Å². The maximum atomic E-state index is 12.8. The van der Waals surface area contributed by atoms with Gasteiger partial charge in [0.15, 0.2) is 0 Å². The summed E-state index contributed by atoms with van der Waals surface area (Å²) in [6.07, 6.45) is 0. The van der Waals surface area contributed by atoms with Crippen LogP contribution >= 0.6 is 0 Å². The Morgan fingerprint density at radius 3 is 2.62 bits per heavy atom. The van der Waals surface area contributed by atoms with Gasteiger partial charge in [0, 0.05) is 13.1 Å². The Balaban J connectivity index is 1.98. The second-order valence-electron chi connectivity index (χ2n) is 5.42. The standard InChI is InChI=1S/C14H18N4O2S/c1-10-4-5-11(2)13(8-10)21(19,20)17-6-7-18-12(3)15-16-14(18)9-17/h4-5,8H,6-7,9H2,1-3H3. The van der Waals surface area contributed by atoms with E-state index in [4.69, 9.17) is 0 Å². The van der Waals surface area contributed by atoms with Crippen LogP contribution in [-0.4, -0.2) is 34.0 Å². The minimum absolute atomic E-state index is 0.274. The van der Waals surface area contributed by atoms with Gasteiger partial charge in [-0.05, 0) is 38.0 Å². The van der Waals surface area contributed by atoms with E-state index >= 15 is 0 Å². The number of fused-ring (bicyclic) bond motifs is 1. The first kappa shape index (κ1) is 14.2. The number of aryl methyl sites for hydroxylation is 3. The first-order valence-corrected chi connectivity index (χ1v) is 8.29. The molecule has 0 amide bonds. The normalized spacial score (nSPS) is 16.0. The van der Waals surface area contributed by atoms with Crippen molar-refractivity contribution in [3.8, 4) is 0 Å². The zero-order chi connectivity index (χ0) is 15.2. The fourth-order valence-corrected chi connectivity index (χ4v) is 4.31. The summed E-state index contributed by atoms with van der Waals surface area (Å²) < 4.78 is 29.1. The molecular formula is C14H18N4O2S. The molecule has 112 valence electrons. The third kappa shape index (κ3) is 2.36. The Bertz CT molecular complexity index is 795. The summed E-state index contributed by atoms with van der Waals surface area (Å²) in [7, 11) is -3.50. The lowest BCUT2D eigenvalue weighted by molar-refractivity contribution is 0.333. The molecule has 0 fully saturated rings. The van der Waals surface area contributed by atoms with E-state index < -0.39 is 10.0 Å².